The second-order valence-electron chi connectivity index (χ2n) is 6.86. The molecule has 3 atom stereocenters. The predicted molar refractivity (Wildman–Crippen MR) is 101 cm³/mol. The van der Waals surface area contributed by atoms with Gasteiger partial charge in [-0.05, 0) is 24.3 Å². The molecule has 154 valence electrons. The van der Waals surface area contributed by atoms with Crippen molar-refractivity contribution in [2.24, 2.45) is 11.7 Å². The highest BCUT2D eigenvalue weighted by molar-refractivity contribution is 5.92. The Morgan fingerprint density at radius 2 is 1.61 bits per heavy atom. The van der Waals surface area contributed by atoms with Gasteiger partial charge < -0.3 is 26.6 Å². The largest absolute Gasteiger partial charge is 0.481 e. The van der Waals surface area contributed by atoms with Gasteiger partial charge in [0, 0.05) is 6.42 Å². The second kappa shape index (κ2) is 11.0. The molecule has 0 bridgehead atoms. The molecule has 6 N–H and O–H groups in total. The molecule has 0 saturated carbocycles. The maximum Gasteiger partial charge on any atom is 0.326 e. The first kappa shape index (κ1) is 23.1. The van der Waals surface area contributed by atoms with Gasteiger partial charge in [-0.25, -0.2) is 4.79 Å². The fraction of sp³-hybridized carbons (Fsp3) is 0.474. The lowest BCUT2D eigenvalue weighted by molar-refractivity contribution is -0.144. The van der Waals surface area contributed by atoms with Gasteiger partial charge in [0.25, 0.3) is 0 Å². The number of hydrogen-bond donors (Lipinski definition) is 5. The van der Waals surface area contributed by atoms with E-state index >= 15 is 0 Å². The lowest BCUT2D eigenvalue weighted by atomic mass is 10.0. The quantitative estimate of drug-likeness (QED) is 0.357. The van der Waals surface area contributed by atoms with Crippen LogP contribution in [0.1, 0.15) is 32.3 Å². The third kappa shape index (κ3) is 7.75. The Hall–Kier alpha value is -2.94. The molecule has 0 radical (unpaired) electrons. The van der Waals surface area contributed by atoms with Crippen LogP contribution in [-0.2, 0) is 25.6 Å². The molecule has 0 aliphatic rings. The molecule has 0 heterocycles. The van der Waals surface area contributed by atoms with Crippen molar-refractivity contribution in [1.29, 1.82) is 0 Å². The zero-order valence-electron chi connectivity index (χ0n) is 15.9. The van der Waals surface area contributed by atoms with Crippen LogP contribution >= 0.6 is 0 Å². The van der Waals surface area contributed by atoms with E-state index in [9.17, 15) is 24.3 Å². The summed E-state index contributed by atoms with van der Waals surface area (Å²) in [6.07, 6.45) is -0.315. The number of aliphatic carboxylic acids is 2. The van der Waals surface area contributed by atoms with Crippen molar-refractivity contribution >= 4 is 23.8 Å². The number of rotatable bonds is 11. The van der Waals surface area contributed by atoms with Gasteiger partial charge in [-0.15, -0.1) is 0 Å². The minimum absolute atomic E-state index is 0.185. The van der Waals surface area contributed by atoms with E-state index in [1.807, 2.05) is 18.2 Å². The molecule has 0 unspecified atom stereocenters. The predicted octanol–water partition coefficient (Wildman–Crippen LogP) is 0.131. The van der Waals surface area contributed by atoms with Crippen LogP contribution in [-0.4, -0.2) is 52.1 Å². The number of nitrogens with two attached hydrogens (primary N) is 1. The fourth-order valence-corrected chi connectivity index (χ4v) is 2.54. The highest BCUT2D eigenvalue weighted by Crippen LogP contribution is 2.06. The summed E-state index contributed by atoms with van der Waals surface area (Å²) < 4.78 is 0. The van der Waals surface area contributed by atoms with Gasteiger partial charge in [0.1, 0.15) is 12.1 Å². The van der Waals surface area contributed by atoms with E-state index in [0.29, 0.717) is 0 Å². The van der Waals surface area contributed by atoms with Crippen LogP contribution in [0.3, 0.4) is 0 Å². The normalized spacial score (nSPS) is 14.0. The summed E-state index contributed by atoms with van der Waals surface area (Å²) in [5.74, 6) is -4.13. The summed E-state index contributed by atoms with van der Waals surface area (Å²) >= 11 is 0. The Morgan fingerprint density at radius 1 is 1.00 bits per heavy atom. The molecule has 0 fully saturated rings. The number of carboxylic acids is 2. The number of nitrogens with one attached hydrogen (secondary N) is 2. The number of carbonyl (C=O) groups excluding carboxylic acids is 2. The van der Waals surface area contributed by atoms with Crippen molar-refractivity contribution in [2.75, 3.05) is 0 Å². The Morgan fingerprint density at radius 3 is 2.11 bits per heavy atom. The molecule has 0 aliphatic carbocycles. The molecule has 0 aromatic heterocycles. The topological polar surface area (TPSA) is 159 Å². The van der Waals surface area contributed by atoms with Gasteiger partial charge >= 0.3 is 11.9 Å². The van der Waals surface area contributed by atoms with Crippen LogP contribution in [0.2, 0.25) is 0 Å². The zero-order chi connectivity index (χ0) is 21.3. The van der Waals surface area contributed by atoms with E-state index in [-0.39, 0.29) is 19.3 Å². The van der Waals surface area contributed by atoms with E-state index in [1.165, 1.54) is 0 Å². The van der Waals surface area contributed by atoms with Gasteiger partial charge in [0.2, 0.25) is 11.8 Å². The average Bonchev–Trinajstić information content (AvgIpc) is 2.62. The maximum atomic E-state index is 12.5. The van der Waals surface area contributed by atoms with Crippen LogP contribution in [0.5, 0.6) is 0 Å². The van der Waals surface area contributed by atoms with Gasteiger partial charge in [-0.3, -0.25) is 14.4 Å². The average molecular weight is 393 g/mol. The first-order valence-electron chi connectivity index (χ1n) is 8.96. The number of amides is 2. The van der Waals surface area contributed by atoms with Crippen molar-refractivity contribution in [3.8, 4) is 0 Å². The number of carboxylic acid groups (broad SMARTS) is 2. The van der Waals surface area contributed by atoms with Crippen molar-refractivity contribution in [3.05, 3.63) is 35.9 Å². The van der Waals surface area contributed by atoms with Crippen molar-refractivity contribution in [1.82, 2.24) is 10.6 Å². The number of hydrogen-bond acceptors (Lipinski definition) is 5. The maximum absolute atomic E-state index is 12.5. The molecular weight excluding hydrogens is 366 g/mol. The van der Waals surface area contributed by atoms with Gasteiger partial charge in [-0.1, -0.05) is 44.2 Å². The standard InChI is InChI=1S/C19H27N3O6/c1-11(2)16(19(27)28)22-18(26)14(8-9-15(23)24)21-17(25)13(20)10-12-6-4-3-5-7-12/h3-7,11,13-14,16H,8-10,20H2,1-2H3,(H,21,25)(H,22,26)(H,23,24)(H,27,28)/t13-,14-,16-/m0/s1. The molecule has 0 saturated heterocycles. The van der Waals surface area contributed by atoms with Crippen LogP contribution < -0.4 is 16.4 Å². The summed E-state index contributed by atoms with van der Waals surface area (Å²) in [4.78, 5) is 47.0. The molecule has 1 aromatic rings. The highest BCUT2D eigenvalue weighted by Gasteiger charge is 2.29. The lowest BCUT2D eigenvalue weighted by Crippen LogP contribution is -2.55. The Labute approximate surface area is 163 Å². The summed E-state index contributed by atoms with van der Waals surface area (Å²) in [5.41, 5.74) is 6.73. The molecule has 0 spiro atoms. The van der Waals surface area contributed by atoms with Crippen LogP contribution in [0.15, 0.2) is 30.3 Å². The molecule has 9 heteroatoms. The van der Waals surface area contributed by atoms with Crippen molar-refractivity contribution < 1.29 is 29.4 Å². The second-order valence-corrected chi connectivity index (χ2v) is 6.86. The van der Waals surface area contributed by atoms with Gasteiger partial charge in [0.15, 0.2) is 0 Å². The molecule has 9 nitrogen and oxygen atoms in total. The Kier molecular flexibility index (Phi) is 9.10. The molecule has 1 rings (SSSR count). The van der Waals surface area contributed by atoms with E-state index < -0.39 is 47.8 Å². The number of carbonyl (C=O) groups is 4. The Balaban J connectivity index is 2.81. The van der Waals surface area contributed by atoms with Crippen molar-refractivity contribution in [2.45, 2.75) is 51.2 Å². The lowest BCUT2D eigenvalue weighted by Gasteiger charge is -2.24. The fourth-order valence-electron chi connectivity index (χ4n) is 2.54. The molecular formula is C19H27N3O6. The number of benzene rings is 1. The van der Waals surface area contributed by atoms with E-state index in [0.717, 1.165) is 5.56 Å². The Bertz CT molecular complexity index is 692. The SMILES string of the molecule is CC(C)[C@H](NC(=O)[C@H](CCC(=O)O)NC(=O)[C@@H](N)Cc1ccccc1)C(=O)O. The van der Waals surface area contributed by atoms with Gasteiger partial charge in [-0.2, -0.15) is 0 Å². The molecule has 2 amide bonds. The highest BCUT2D eigenvalue weighted by atomic mass is 16.4. The first-order chi connectivity index (χ1) is 13.1. The van der Waals surface area contributed by atoms with E-state index in [2.05, 4.69) is 10.6 Å². The molecule has 0 aliphatic heterocycles. The minimum Gasteiger partial charge on any atom is -0.481 e. The van der Waals surface area contributed by atoms with Crippen molar-refractivity contribution in [3.63, 3.8) is 0 Å². The minimum atomic E-state index is -1.22. The van der Waals surface area contributed by atoms with E-state index in [1.54, 1.807) is 26.0 Å². The van der Waals surface area contributed by atoms with Crippen LogP contribution in [0, 0.1) is 5.92 Å². The smallest absolute Gasteiger partial charge is 0.326 e. The molecule has 28 heavy (non-hydrogen) atoms. The van der Waals surface area contributed by atoms with E-state index in [4.69, 9.17) is 10.8 Å². The summed E-state index contributed by atoms with van der Waals surface area (Å²) in [6.45, 7) is 3.25. The monoisotopic (exact) mass is 393 g/mol. The van der Waals surface area contributed by atoms with Crippen LogP contribution in [0.25, 0.3) is 0 Å². The molecule has 1 aromatic carbocycles. The third-order valence-electron chi connectivity index (χ3n) is 4.15. The first-order valence-corrected chi connectivity index (χ1v) is 8.96. The zero-order valence-corrected chi connectivity index (χ0v) is 15.9. The van der Waals surface area contributed by atoms with Crippen LogP contribution in [0.4, 0.5) is 0 Å². The summed E-state index contributed by atoms with van der Waals surface area (Å²) in [6, 6.07) is 5.75. The third-order valence-corrected chi connectivity index (χ3v) is 4.15. The van der Waals surface area contributed by atoms with Gasteiger partial charge in [0.05, 0.1) is 6.04 Å². The summed E-state index contributed by atoms with van der Waals surface area (Å²) in [7, 11) is 0. The summed E-state index contributed by atoms with van der Waals surface area (Å²) in [5, 5.41) is 22.9.